The Morgan fingerprint density at radius 2 is 1.86 bits per heavy atom. The molecule has 0 aliphatic heterocycles. The van der Waals surface area contributed by atoms with Crippen LogP contribution in [0.25, 0.3) is 0 Å². The molecule has 0 aliphatic carbocycles. The molecule has 2 aromatic carbocycles. The highest BCUT2D eigenvalue weighted by Gasteiger charge is 2.15. The minimum absolute atomic E-state index is 0.0449. The van der Waals surface area contributed by atoms with Crippen LogP contribution in [0.5, 0.6) is 0 Å². The predicted molar refractivity (Wildman–Crippen MR) is 88.7 cm³/mol. The van der Waals surface area contributed by atoms with E-state index in [1.165, 1.54) is 0 Å². The standard InChI is InChI=1S/C17H21N3O/c1-12(13-6-4-7-14(18)10-13)17(21)19-15-8-5-9-16(11-15)20(2)3/h4-12H,18H2,1-3H3,(H,19,21). The number of nitrogens with one attached hydrogen (secondary N) is 1. The molecule has 0 aliphatic rings. The zero-order chi connectivity index (χ0) is 15.4. The normalized spacial score (nSPS) is 11.8. The van der Waals surface area contributed by atoms with Crippen molar-refractivity contribution in [2.75, 3.05) is 30.0 Å². The first-order chi connectivity index (χ1) is 9.97. The molecule has 110 valence electrons. The average Bonchev–Trinajstić information content (AvgIpc) is 2.46. The van der Waals surface area contributed by atoms with Gasteiger partial charge in [0.25, 0.3) is 0 Å². The molecule has 0 heterocycles. The molecule has 0 saturated carbocycles. The number of nitrogens with two attached hydrogens (primary N) is 1. The lowest BCUT2D eigenvalue weighted by atomic mass is 10.00. The van der Waals surface area contributed by atoms with Gasteiger partial charge in [-0.15, -0.1) is 0 Å². The van der Waals surface area contributed by atoms with Crippen molar-refractivity contribution in [3.05, 3.63) is 54.1 Å². The smallest absolute Gasteiger partial charge is 0.231 e. The van der Waals surface area contributed by atoms with E-state index in [0.717, 1.165) is 16.9 Å². The maximum absolute atomic E-state index is 12.3. The highest BCUT2D eigenvalue weighted by Crippen LogP contribution is 2.22. The van der Waals surface area contributed by atoms with E-state index in [-0.39, 0.29) is 11.8 Å². The first-order valence-electron chi connectivity index (χ1n) is 6.91. The van der Waals surface area contributed by atoms with Gasteiger partial charge in [-0.3, -0.25) is 4.79 Å². The summed E-state index contributed by atoms with van der Waals surface area (Å²) < 4.78 is 0. The van der Waals surface area contributed by atoms with Crippen LogP contribution in [0.2, 0.25) is 0 Å². The van der Waals surface area contributed by atoms with Crippen molar-refractivity contribution in [1.29, 1.82) is 0 Å². The fourth-order valence-corrected chi connectivity index (χ4v) is 2.09. The zero-order valence-electron chi connectivity index (χ0n) is 12.6. The van der Waals surface area contributed by atoms with E-state index < -0.39 is 0 Å². The van der Waals surface area contributed by atoms with E-state index in [9.17, 15) is 4.79 Å². The van der Waals surface area contributed by atoms with E-state index in [0.29, 0.717) is 5.69 Å². The van der Waals surface area contributed by atoms with Crippen LogP contribution < -0.4 is 16.0 Å². The number of hydrogen-bond donors (Lipinski definition) is 2. The van der Waals surface area contributed by atoms with Crippen molar-refractivity contribution in [3.63, 3.8) is 0 Å². The van der Waals surface area contributed by atoms with Crippen molar-refractivity contribution in [2.24, 2.45) is 0 Å². The van der Waals surface area contributed by atoms with Crippen LogP contribution >= 0.6 is 0 Å². The topological polar surface area (TPSA) is 58.4 Å². The molecule has 2 rings (SSSR count). The van der Waals surface area contributed by atoms with Gasteiger partial charge in [-0.25, -0.2) is 0 Å². The van der Waals surface area contributed by atoms with Gasteiger partial charge < -0.3 is 16.0 Å². The number of nitrogen functional groups attached to an aromatic ring is 1. The highest BCUT2D eigenvalue weighted by atomic mass is 16.1. The number of benzene rings is 2. The average molecular weight is 283 g/mol. The van der Waals surface area contributed by atoms with Crippen molar-refractivity contribution in [1.82, 2.24) is 0 Å². The highest BCUT2D eigenvalue weighted by molar-refractivity contribution is 5.96. The molecule has 4 heteroatoms. The zero-order valence-corrected chi connectivity index (χ0v) is 12.6. The minimum atomic E-state index is -0.253. The summed E-state index contributed by atoms with van der Waals surface area (Å²) in [6.45, 7) is 1.87. The number of nitrogens with zero attached hydrogens (tertiary/aromatic N) is 1. The summed E-state index contributed by atoms with van der Waals surface area (Å²) in [6, 6.07) is 15.2. The SMILES string of the molecule is CC(C(=O)Nc1cccc(N(C)C)c1)c1cccc(N)c1. The van der Waals surface area contributed by atoms with Crippen LogP contribution in [-0.4, -0.2) is 20.0 Å². The first kappa shape index (κ1) is 14.9. The van der Waals surface area contributed by atoms with Gasteiger partial charge in [-0.2, -0.15) is 0 Å². The van der Waals surface area contributed by atoms with E-state index in [2.05, 4.69) is 5.32 Å². The molecule has 0 spiro atoms. The molecule has 21 heavy (non-hydrogen) atoms. The molecule has 0 bridgehead atoms. The second kappa shape index (κ2) is 6.31. The predicted octanol–water partition coefficient (Wildman–Crippen LogP) is 3.08. The molecule has 0 fully saturated rings. The lowest BCUT2D eigenvalue weighted by molar-refractivity contribution is -0.117. The number of carbonyl (C=O) groups is 1. The molecule has 0 radical (unpaired) electrons. The molecular formula is C17H21N3O. The largest absolute Gasteiger partial charge is 0.399 e. The maximum Gasteiger partial charge on any atom is 0.231 e. The Bertz CT molecular complexity index is 637. The summed E-state index contributed by atoms with van der Waals surface area (Å²) in [4.78, 5) is 14.3. The molecule has 0 saturated heterocycles. The fraction of sp³-hybridized carbons (Fsp3) is 0.235. The molecule has 1 amide bonds. The van der Waals surface area contributed by atoms with Gasteiger partial charge in [0, 0.05) is 31.2 Å². The van der Waals surface area contributed by atoms with Gasteiger partial charge in [0.05, 0.1) is 5.92 Å². The Balaban J connectivity index is 2.12. The van der Waals surface area contributed by atoms with Crippen LogP contribution in [0.3, 0.4) is 0 Å². The van der Waals surface area contributed by atoms with Crippen LogP contribution in [0.15, 0.2) is 48.5 Å². The fourth-order valence-electron chi connectivity index (χ4n) is 2.09. The Hall–Kier alpha value is -2.49. The minimum Gasteiger partial charge on any atom is -0.399 e. The van der Waals surface area contributed by atoms with Crippen molar-refractivity contribution >= 4 is 23.0 Å². The van der Waals surface area contributed by atoms with E-state index in [1.54, 1.807) is 0 Å². The number of hydrogen-bond acceptors (Lipinski definition) is 3. The van der Waals surface area contributed by atoms with Crippen LogP contribution in [0, 0.1) is 0 Å². The third-order valence-corrected chi connectivity index (χ3v) is 3.43. The number of anilines is 3. The van der Waals surface area contributed by atoms with Crippen LogP contribution in [0.4, 0.5) is 17.1 Å². The van der Waals surface area contributed by atoms with E-state index in [1.807, 2.05) is 74.4 Å². The maximum atomic E-state index is 12.3. The van der Waals surface area contributed by atoms with E-state index in [4.69, 9.17) is 5.73 Å². The summed E-state index contributed by atoms with van der Waals surface area (Å²) in [5, 5.41) is 2.95. The van der Waals surface area contributed by atoms with Gasteiger partial charge in [-0.1, -0.05) is 18.2 Å². The molecule has 2 aromatic rings. The molecule has 1 atom stereocenters. The number of rotatable bonds is 4. The number of carbonyl (C=O) groups excluding carboxylic acids is 1. The quantitative estimate of drug-likeness (QED) is 0.848. The first-order valence-corrected chi connectivity index (χ1v) is 6.91. The van der Waals surface area contributed by atoms with E-state index >= 15 is 0 Å². The number of amides is 1. The van der Waals surface area contributed by atoms with Crippen molar-refractivity contribution < 1.29 is 4.79 Å². The van der Waals surface area contributed by atoms with Crippen LogP contribution in [0.1, 0.15) is 18.4 Å². The van der Waals surface area contributed by atoms with Gasteiger partial charge in [0.1, 0.15) is 0 Å². The Kier molecular flexibility index (Phi) is 4.48. The Labute approximate surface area is 125 Å². The Morgan fingerprint density at radius 1 is 1.14 bits per heavy atom. The van der Waals surface area contributed by atoms with Crippen LogP contribution in [-0.2, 0) is 4.79 Å². The molecule has 0 aromatic heterocycles. The summed E-state index contributed by atoms with van der Waals surface area (Å²) in [5.74, 6) is -0.298. The third-order valence-electron chi connectivity index (χ3n) is 3.43. The summed E-state index contributed by atoms with van der Waals surface area (Å²) in [7, 11) is 3.94. The van der Waals surface area contributed by atoms with Gasteiger partial charge in [0.15, 0.2) is 0 Å². The second-order valence-corrected chi connectivity index (χ2v) is 5.33. The second-order valence-electron chi connectivity index (χ2n) is 5.33. The molecule has 4 nitrogen and oxygen atoms in total. The van der Waals surface area contributed by atoms with Gasteiger partial charge in [0.2, 0.25) is 5.91 Å². The monoisotopic (exact) mass is 283 g/mol. The summed E-state index contributed by atoms with van der Waals surface area (Å²) >= 11 is 0. The third kappa shape index (κ3) is 3.75. The van der Waals surface area contributed by atoms with Crippen molar-refractivity contribution in [3.8, 4) is 0 Å². The molecule has 3 N–H and O–H groups in total. The molecule has 1 unspecified atom stereocenters. The summed E-state index contributed by atoms with van der Waals surface area (Å²) in [5.41, 5.74) is 9.19. The summed E-state index contributed by atoms with van der Waals surface area (Å²) in [6.07, 6.45) is 0. The lowest BCUT2D eigenvalue weighted by Gasteiger charge is -2.16. The van der Waals surface area contributed by atoms with Gasteiger partial charge >= 0.3 is 0 Å². The molecular weight excluding hydrogens is 262 g/mol. The van der Waals surface area contributed by atoms with Crippen molar-refractivity contribution in [2.45, 2.75) is 12.8 Å². The van der Waals surface area contributed by atoms with Gasteiger partial charge in [-0.05, 0) is 42.8 Å². The Morgan fingerprint density at radius 3 is 2.52 bits per heavy atom. The lowest BCUT2D eigenvalue weighted by Crippen LogP contribution is -2.19.